The number of nitrogens with zero attached hydrogens (tertiary/aromatic N) is 2. The van der Waals surface area contributed by atoms with Crippen LogP contribution in [0.1, 0.15) is 41.5 Å². The molecule has 7 nitrogen and oxygen atoms in total. The van der Waals surface area contributed by atoms with Crippen LogP contribution in [0.4, 0.5) is 14.9 Å². The maximum Gasteiger partial charge on any atom is 0.339 e. The largest absolute Gasteiger partial charge is 0.465 e. The van der Waals surface area contributed by atoms with Crippen molar-refractivity contribution >= 4 is 17.7 Å². The van der Waals surface area contributed by atoms with E-state index in [1.165, 1.54) is 13.2 Å². The van der Waals surface area contributed by atoms with Crippen LogP contribution in [-0.4, -0.2) is 40.5 Å². The van der Waals surface area contributed by atoms with Gasteiger partial charge in [-0.2, -0.15) is 0 Å². The second kappa shape index (κ2) is 7.33. The lowest BCUT2D eigenvalue weighted by Gasteiger charge is -2.34. The van der Waals surface area contributed by atoms with Crippen molar-refractivity contribution in [2.75, 3.05) is 19.0 Å². The second-order valence-corrected chi connectivity index (χ2v) is 5.79. The molecular formula is C17H19FN4O3. The van der Waals surface area contributed by atoms with Gasteiger partial charge in [0.25, 0.3) is 0 Å². The highest BCUT2D eigenvalue weighted by atomic mass is 19.1. The Morgan fingerprint density at radius 2 is 2.24 bits per heavy atom. The third kappa shape index (κ3) is 3.62. The normalized spacial score (nSPS) is 17.2. The lowest BCUT2D eigenvalue weighted by Crippen LogP contribution is -2.41. The maximum atomic E-state index is 13.6. The molecule has 3 rings (SSSR count). The van der Waals surface area contributed by atoms with Crippen molar-refractivity contribution in [2.24, 2.45) is 0 Å². The Hall–Kier alpha value is -2.90. The highest BCUT2D eigenvalue weighted by molar-refractivity contribution is 6.00. The lowest BCUT2D eigenvalue weighted by molar-refractivity contribution is 0.0602. The van der Waals surface area contributed by atoms with Crippen LogP contribution in [0.25, 0.3) is 0 Å². The molecule has 1 aromatic heterocycles. The number of carbonyl (C=O) groups excluding carboxylic acids is 2. The number of piperidine rings is 1. The summed E-state index contributed by atoms with van der Waals surface area (Å²) in [5.41, 5.74) is 0.185. The van der Waals surface area contributed by atoms with Gasteiger partial charge in [-0.05, 0) is 37.5 Å². The molecule has 1 aromatic carbocycles. The summed E-state index contributed by atoms with van der Waals surface area (Å²) in [6.07, 6.45) is 6.00. The Kier molecular flexibility index (Phi) is 4.97. The minimum absolute atomic E-state index is 0.0839. The number of halogens is 1. The number of esters is 1. The highest BCUT2D eigenvalue weighted by Crippen LogP contribution is 2.30. The molecule has 2 aromatic rings. The predicted molar refractivity (Wildman–Crippen MR) is 88.6 cm³/mol. The van der Waals surface area contributed by atoms with Gasteiger partial charge < -0.3 is 19.9 Å². The standard InChI is InChI=1S/C17H19FN4O3/c1-25-16(23)12-6-5-11(18)10-13(12)21-17(24)22-9-3-2-4-14(22)15-19-7-8-20-15/h5-8,10,14H,2-4,9H2,1H3,(H,19,20)(H,21,24). The number of hydrogen-bond donors (Lipinski definition) is 2. The van der Waals surface area contributed by atoms with E-state index >= 15 is 0 Å². The zero-order chi connectivity index (χ0) is 17.8. The van der Waals surface area contributed by atoms with Crippen LogP contribution in [0, 0.1) is 5.82 Å². The van der Waals surface area contributed by atoms with Gasteiger partial charge in [-0.1, -0.05) is 0 Å². The van der Waals surface area contributed by atoms with Crippen molar-refractivity contribution in [3.8, 4) is 0 Å². The molecule has 1 unspecified atom stereocenters. The molecule has 132 valence electrons. The summed E-state index contributed by atoms with van der Waals surface area (Å²) in [6, 6.07) is 2.96. The quantitative estimate of drug-likeness (QED) is 0.836. The van der Waals surface area contributed by atoms with Crippen LogP contribution < -0.4 is 5.32 Å². The molecule has 0 bridgehead atoms. The van der Waals surface area contributed by atoms with Crippen molar-refractivity contribution in [3.05, 3.63) is 47.8 Å². The molecule has 0 spiro atoms. The number of amides is 2. The molecule has 2 heterocycles. The van der Waals surface area contributed by atoms with E-state index in [9.17, 15) is 14.0 Å². The fourth-order valence-electron chi connectivity index (χ4n) is 3.01. The molecule has 0 saturated carbocycles. The fraction of sp³-hybridized carbons (Fsp3) is 0.353. The number of nitrogens with one attached hydrogen (secondary N) is 2. The van der Waals surface area contributed by atoms with Gasteiger partial charge in [0.15, 0.2) is 0 Å². The SMILES string of the molecule is COC(=O)c1ccc(F)cc1NC(=O)N1CCCCC1c1ncc[nH]1. The van der Waals surface area contributed by atoms with Gasteiger partial charge in [-0.25, -0.2) is 19.0 Å². The number of methoxy groups -OCH3 is 1. The molecule has 1 aliphatic heterocycles. The summed E-state index contributed by atoms with van der Waals surface area (Å²) in [4.78, 5) is 33.5. The van der Waals surface area contributed by atoms with Crippen LogP contribution in [0.2, 0.25) is 0 Å². The third-order valence-corrected chi connectivity index (χ3v) is 4.23. The van der Waals surface area contributed by atoms with E-state index in [1.54, 1.807) is 17.3 Å². The molecule has 2 amide bonds. The summed E-state index contributed by atoms with van der Waals surface area (Å²) in [5, 5.41) is 2.63. The Bertz CT molecular complexity index is 763. The first-order valence-corrected chi connectivity index (χ1v) is 8.05. The Morgan fingerprint density at radius 1 is 1.40 bits per heavy atom. The highest BCUT2D eigenvalue weighted by Gasteiger charge is 2.30. The number of H-pyrrole nitrogens is 1. The van der Waals surface area contributed by atoms with Crippen molar-refractivity contribution in [1.29, 1.82) is 0 Å². The van der Waals surface area contributed by atoms with Crippen LogP contribution >= 0.6 is 0 Å². The van der Waals surface area contributed by atoms with Gasteiger partial charge >= 0.3 is 12.0 Å². The van der Waals surface area contributed by atoms with Crippen LogP contribution in [-0.2, 0) is 4.74 Å². The summed E-state index contributed by atoms with van der Waals surface area (Å²) in [5.74, 6) is -0.483. The zero-order valence-corrected chi connectivity index (χ0v) is 13.8. The van der Waals surface area contributed by atoms with Crippen LogP contribution in [0.5, 0.6) is 0 Å². The van der Waals surface area contributed by atoms with Gasteiger partial charge in [0.05, 0.1) is 24.4 Å². The van der Waals surface area contributed by atoms with E-state index in [4.69, 9.17) is 0 Å². The first-order valence-electron chi connectivity index (χ1n) is 8.05. The first kappa shape index (κ1) is 16.9. The number of rotatable bonds is 3. The van der Waals surface area contributed by atoms with Crippen molar-refractivity contribution in [3.63, 3.8) is 0 Å². The minimum Gasteiger partial charge on any atom is -0.465 e. The van der Waals surface area contributed by atoms with E-state index < -0.39 is 17.8 Å². The van der Waals surface area contributed by atoms with Crippen molar-refractivity contribution in [2.45, 2.75) is 25.3 Å². The Morgan fingerprint density at radius 3 is 2.96 bits per heavy atom. The van der Waals surface area contributed by atoms with E-state index in [-0.39, 0.29) is 17.3 Å². The molecule has 1 saturated heterocycles. The van der Waals surface area contributed by atoms with Crippen molar-refractivity contribution < 1.29 is 18.7 Å². The molecule has 0 aliphatic carbocycles. The average molecular weight is 346 g/mol. The molecule has 25 heavy (non-hydrogen) atoms. The van der Waals surface area contributed by atoms with E-state index in [1.807, 2.05) is 0 Å². The average Bonchev–Trinajstić information content (AvgIpc) is 3.16. The monoisotopic (exact) mass is 346 g/mol. The zero-order valence-electron chi connectivity index (χ0n) is 13.8. The fourth-order valence-corrected chi connectivity index (χ4v) is 3.01. The summed E-state index contributed by atoms with van der Waals surface area (Å²) >= 11 is 0. The van der Waals surface area contributed by atoms with Gasteiger partial charge in [-0.15, -0.1) is 0 Å². The summed E-state index contributed by atoms with van der Waals surface area (Å²) in [6.45, 7) is 0.556. The number of benzene rings is 1. The molecule has 2 N–H and O–H groups in total. The van der Waals surface area contributed by atoms with E-state index in [0.29, 0.717) is 12.4 Å². The Labute approximate surface area is 144 Å². The van der Waals surface area contributed by atoms with E-state index in [2.05, 4.69) is 20.0 Å². The molecular weight excluding hydrogens is 327 g/mol. The lowest BCUT2D eigenvalue weighted by atomic mass is 10.0. The number of aromatic nitrogens is 2. The van der Waals surface area contributed by atoms with Crippen LogP contribution in [0.15, 0.2) is 30.6 Å². The topological polar surface area (TPSA) is 87.3 Å². The number of carbonyl (C=O) groups is 2. The smallest absolute Gasteiger partial charge is 0.339 e. The van der Waals surface area contributed by atoms with Gasteiger partial charge in [0.1, 0.15) is 11.6 Å². The maximum absolute atomic E-state index is 13.6. The molecule has 1 fully saturated rings. The number of likely N-dealkylation sites (tertiary alicyclic amines) is 1. The van der Waals surface area contributed by atoms with Gasteiger partial charge in [-0.3, -0.25) is 0 Å². The number of anilines is 1. The molecule has 1 aliphatic rings. The van der Waals surface area contributed by atoms with Crippen LogP contribution in [0.3, 0.4) is 0 Å². The number of imidazole rings is 1. The van der Waals surface area contributed by atoms with E-state index in [0.717, 1.165) is 31.4 Å². The Balaban J connectivity index is 1.83. The third-order valence-electron chi connectivity index (χ3n) is 4.23. The number of ether oxygens (including phenoxy) is 1. The molecule has 1 atom stereocenters. The predicted octanol–water partition coefficient (Wildman–Crippen LogP) is 3.09. The van der Waals surface area contributed by atoms with Gasteiger partial charge in [0, 0.05) is 18.9 Å². The van der Waals surface area contributed by atoms with Crippen molar-refractivity contribution in [1.82, 2.24) is 14.9 Å². The molecule has 8 heteroatoms. The summed E-state index contributed by atoms with van der Waals surface area (Å²) in [7, 11) is 1.23. The minimum atomic E-state index is -0.642. The number of urea groups is 1. The summed E-state index contributed by atoms with van der Waals surface area (Å²) < 4.78 is 18.3. The number of aromatic amines is 1. The molecule has 0 radical (unpaired) electrons. The number of hydrogen-bond acceptors (Lipinski definition) is 4. The van der Waals surface area contributed by atoms with Gasteiger partial charge in [0.2, 0.25) is 0 Å². The first-order chi connectivity index (χ1) is 12.1. The second-order valence-electron chi connectivity index (χ2n) is 5.79.